The molecule has 0 aromatic rings. The summed E-state index contributed by atoms with van der Waals surface area (Å²) >= 11 is 0. The lowest BCUT2D eigenvalue weighted by atomic mass is 10.0. The second-order valence-electron chi connectivity index (χ2n) is 5.83. The van der Waals surface area contributed by atoms with Gasteiger partial charge in [-0.1, -0.05) is 13.8 Å². The molecule has 2 rings (SSSR count). The van der Waals surface area contributed by atoms with E-state index < -0.39 is 0 Å². The first-order valence-electron chi connectivity index (χ1n) is 6.63. The minimum Gasteiger partial charge on any atom is -0.339 e. The number of amides is 1. The van der Waals surface area contributed by atoms with E-state index in [1.807, 2.05) is 0 Å². The summed E-state index contributed by atoms with van der Waals surface area (Å²) in [5.41, 5.74) is 5.97. The maximum atomic E-state index is 12.1. The highest BCUT2D eigenvalue weighted by atomic mass is 16.2. The molecule has 0 heterocycles. The first-order valence-corrected chi connectivity index (χ1v) is 6.63. The van der Waals surface area contributed by atoms with Crippen molar-refractivity contribution in [3.63, 3.8) is 0 Å². The highest BCUT2D eigenvalue weighted by Gasteiger charge is 2.36. The molecule has 1 unspecified atom stereocenters. The second-order valence-corrected chi connectivity index (χ2v) is 5.83. The van der Waals surface area contributed by atoms with Crippen molar-refractivity contribution in [2.75, 3.05) is 6.54 Å². The molecule has 0 saturated heterocycles. The minimum absolute atomic E-state index is 0.0213. The van der Waals surface area contributed by atoms with Gasteiger partial charge in [-0.25, -0.2) is 0 Å². The molecule has 1 atom stereocenters. The van der Waals surface area contributed by atoms with E-state index in [-0.39, 0.29) is 11.9 Å². The fourth-order valence-electron chi connectivity index (χ4n) is 1.97. The van der Waals surface area contributed by atoms with Crippen LogP contribution in [-0.4, -0.2) is 29.4 Å². The molecule has 2 N–H and O–H groups in total. The van der Waals surface area contributed by atoms with Crippen molar-refractivity contribution in [1.29, 1.82) is 0 Å². The summed E-state index contributed by atoms with van der Waals surface area (Å²) in [6.07, 6.45) is 5.56. The molecule has 2 aliphatic carbocycles. The predicted octanol–water partition coefficient (Wildman–Crippen LogP) is 1.76. The zero-order valence-electron chi connectivity index (χ0n) is 10.5. The van der Waals surface area contributed by atoms with Crippen LogP contribution in [0.3, 0.4) is 0 Å². The molecule has 0 spiro atoms. The molecular weight excluding hydrogens is 200 g/mol. The van der Waals surface area contributed by atoms with Crippen LogP contribution < -0.4 is 5.73 Å². The summed E-state index contributed by atoms with van der Waals surface area (Å²) in [6, 6.07) is 0.570. The quantitative estimate of drug-likeness (QED) is 0.747. The normalized spacial score (nSPS) is 22.2. The van der Waals surface area contributed by atoms with Gasteiger partial charge in [0.25, 0.3) is 0 Å². The number of carbonyl (C=O) groups excluding carboxylic acids is 1. The number of carbonyl (C=O) groups is 1. The maximum Gasteiger partial charge on any atom is 0.224 e. The Morgan fingerprint density at radius 3 is 2.38 bits per heavy atom. The van der Waals surface area contributed by atoms with E-state index in [2.05, 4.69) is 18.7 Å². The van der Waals surface area contributed by atoms with Crippen LogP contribution in [0.2, 0.25) is 0 Å². The molecule has 16 heavy (non-hydrogen) atoms. The van der Waals surface area contributed by atoms with Crippen LogP contribution >= 0.6 is 0 Å². The Kier molecular flexibility index (Phi) is 3.53. The monoisotopic (exact) mass is 224 g/mol. The molecular formula is C13H24N2O. The van der Waals surface area contributed by atoms with Gasteiger partial charge >= 0.3 is 0 Å². The molecule has 3 heteroatoms. The van der Waals surface area contributed by atoms with Gasteiger partial charge in [0.2, 0.25) is 5.91 Å². The molecule has 0 aromatic heterocycles. The Bertz CT molecular complexity index is 257. The third kappa shape index (κ3) is 3.21. The number of rotatable bonds is 6. The van der Waals surface area contributed by atoms with E-state index in [0.717, 1.165) is 12.5 Å². The summed E-state index contributed by atoms with van der Waals surface area (Å²) < 4.78 is 0. The summed E-state index contributed by atoms with van der Waals surface area (Å²) in [7, 11) is 0. The fraction of sp³-hybridized carbons (Fsp3) is 0.923. The number of hydrogen-bond acceptors (Lipinski definition) is 2. The van der Waals surface area contributed by atoms with Gasteiger partial charge in [-0.3, -0.25) is 4.79 Å². The third-order valence-electron chi connectivity index (χ3n) is 3.73. The first kappa shape index (κ1) is 11.9. The molecule has 0 bridgehead atoms. The topological polar surface area (TPSA) is 46.3 Å². The van der Waals surface area contributed by atoms with Crippen molar-refractivity contribution in [3.8, 4) is 0 Å². The van der Waals surface area contributed by atoms with Gasteiger partial charge in [0, 0.05) is 25.0 Å². The number of nitrogens with zero attached hydrogens (tertiary/aromatic N) is 1. The Morgan fingerprint density at radius 2 is 1.94 bits per heavy atom. The van der Waals surface area contributed by atoms with Gasteiger partial charge in [0.05, 0.1) is 0 Å². The highest BCUT2D eigenvalue weighted by molar-refractivity contribution is 5.77. The lowest BCUT2D eigenvalue weighted by Crippen LogP contribution is -2.40. The van der Waals surface area contributed by atoms with Crippen LogP contribution in [0.4, 0.5) is 0 Å². The summed E-state index contributed by atoms with van der Waals surface area (Å²) in [5.74, 6) is 1.47. The van der Waals surface area contributed by atoms with Crippen LogP contribution in [0, 0.1) is 11.8 Å². The minimum atomic E-state index is 0.0213. The van der Waals surface area contributed by atoms with Crippen molar-refractivity contribution in [2.45, 2.75) is 58.0 Å². The van der Waals surface area contributed by atoms with E-state index in [0.29, 0.717) is 18.4 Å². The molecule has 1 amide bonds. The zero-order chi connectivity index (χ0) is 11.7. The Morgan fingerprint density at radius 1 is 1.31 bits per heavy atom. The summed E-state index contributed by atoms with van der Waals surface area (Å²) in [6.45, 7) is 5.16. The molecule has 0 aliphatic heterocycles. The van der Waals surface area contributed by atoms with Crippen molar-refractivity contribution >= 4 is 5.91 Å². The van der Waals surface area contributed by atoms with Gasteiger partial charge in [0.1, 0.15) is 0 Å². The first-order chi connectivity index (χ1) is 7.58. The largest absolute Gasteiger partial charge is 0.339 e. The van der Waals surface area contributed by atoms with Gasteiger partial charge in [-0.05, 0) is 37.5 Å². The molecule has 2 aliphatic rings. The highest BCUT2D eigenvalue weighted by Crippen LogP contribution is 2.35. The smallest absolute Gasteiger partial charge is 0.224 e. The van der Waals surface area contributed by atoms with Crippen molar-refractivity contribution in [3.05, 3.63) is 0 Å². The molecule has 0 radical (unpaired) electrons. The zero-order valence-corrected chi connectivity index (χ0v) is 10.5. The Balaban J connectivity index is 1.83. The van der Waals surface area contributed by atoms with E-state index in [1.165, 1.54) is 25.7 Å². The van der Waals surface area contributed by atoms with Crippen molar-refractivity contribution in [2.24, 2.45) is 17.6 Å². The van der Waals surface area contributed by atoms with Gasteiger partial charge in [0.15, 0.2) is 0 Å². The van der Waals surface area contributed by atoms with Gasteiger partial charge in [-0.2, -0.15) is 0 Å². The van der Waals surface area contributed by atoms with Crippen LogP contribution in [0.1, 0.15) is 46.0 Å². The Labute approximate surface area is 98.4 Å². The lowest BCUT2D eigenvalue weighted by molar-refractivity contribution is -0.132. The van der Waals surface area contributed by atoms with E-state index in [9.17, 15) is 4.79 Å². The fourth-order valence-corrected chi connectivity index (χ4v) is 1.97. The van der Waals surface area contributed by atoms with Crippen LogP contribution in [0.5, 0.6) is 0 Å². The Hall–Kier alpha value is -0.570. The van der Waals surface area contributed by atoms with Gasteiger partial charge < -0.3 is 10.6 Å². The maximum absolute atomic E-state index is 12.1. The number of hydrogen-bond donors (Lipinski definition) is 1. The van der Waals surface area contributed by atoms with Crippen LogP contribution in [-0.2, 0) is 4.79 Å². The average molecular weight is 224 g/mol. The van der Waals surface area contributed by atoms with Crippen molar-refractivity contribution in [1.82, 2.24) is 4.90 Å². The standard InChI is InChI=1S/C13H24N2O/c1-9(2)12(14)7-13(16)15(11-5-6-11)8-10-3-4-10/h9-12H,3-8,14H2,1-2H3. The van der Waals surface area contributed by atoms with Crippen molar-refractivity contribution < 1.29 is 4.79 Å². The van der Waals surface area contributed by atoms with E-state index in [1.54, 1.807) is 0 Å². The molecule has 92 valence electrons. The third-order valence-corrected chi connectivity index (χ3v) is 3.73. The van der Waals surface area contributed by atoms with Crippen LogP contribution in [0.25, 0.3) is 0 Å². The average Bonchev–Trinajstić information content (AvgIpc) is 3.06. The summed E-state index contributed by atoms with van der Waals surface area (Å²) in [5, 5.41) is 0. The van der Waals surface area contributed by atoms with E-state index in [4.69, 9.17) is 5.73 Å². The molecule has 2 fully saturated rings. The summed E-state index contributed by atoms with van der Waals surface area (Å²) in [4.78, 5) is 14.3. The SMILES string of the molecule is CC(C)C(N)CC(=O)N(CC1CC1)C1CC1. The molecule has 0 aromatic carbocycles. The van der Waals surface area contributed by atoms with E-state index >= 15 is 0 Å². The predicted molar refractivity (Wildman–Crippen MR) is 64.9 cm³/mol. The van der Waals surface area contributed by atoms with Gasteiger partial charge in [-0.15, -0.1) is 0 Å². The lowest BCUT2D eigenvalue weighted by Gasteiger charge is -2.25. The second kappa shape index (κ2) is 4.74. The van der Waals surface area contributed by atoms with Crippen LogP contribution in [0.15, 0.2) is 0 Å². The molecule has 2 saturated carbocycles. The molecule has 3 nitrogen and oxygen atoms in total. The number of nitrogens with two attached hydrogens (primary N) is 1.